The maximum Gasteiger partial charge on any atom is 0.129 e. The van der Waals surface area contributed by atoms with Crippen LogP contribution in [-0.2, 0) is 0 Å². The molecule has 2 aromatic rings. The number of nitrogens with zero attached hydrogens (tertiary/aromatic N) is 1. The van der Waals surface area contributed by atoms with Gasteiger partial charge in [0.15, 0.2) is 0 Å². The van der Waals surface area contributed by atoms with Crippen molar-refractivity contribution in [1.29, 1.82) is 0 Å². The zero-order chi connectivity index (χ0) is 9.97. The molecule has 0 spiro atoms. The fraction of sp³-hybridized carbons (Fsp3) is 0.100. The van der Waals surface area contributed by atoms with Crippen LogP contribution in [0, 0.1) is 0 Å². The highest BCUT2D eigenvalue weighted by Crippen LogP contribution is 2.31. The third-order valence-corrected chi connectivity index (χ3v) is 2.67. The number of hydrogen-bond donors (Lipinski definition) is 0. The average Bonchev–Trinajstić information content (AvgIpc) is 2.70. The van der Waals surface area contributed by atoms with E-state index in [0.29, 0.717) is 5.02 Å². The highest BCUT2D eigenvalue weighted by atomic mass is 35.5. The quantitative estimate of drug-likeness (QED) is 0.781. The summed E-state index contributed by atoms with van der Waals surface area (Å²) in [6.45, 7) is 0. The summed E-state index contributed by atoms with van der Waals surface area (Å²) in [6.07, 6.45) is 0. The van der Waals surface area contributed by atoms with Crippen LogP contribution in [0.1, 0.15) is 0 Å². The molecular weight excluding hydrogens is 218 g/mol. The Morgan fingerprint density at radius 1 is 1.36 bits per heavy atom. The normalized spacial score (nSPS) is 10.1. The van der Waals surface area contributed by atoms with Crippen LogP contribution in [0.3, 0.4) is 0 Å². The number of methoxy groups -OCH3 is 1. The fourth-order valence-corrected chi connectivity index (χ4v) is 1.91. The molecule has 0 saturated heterocycles. The van der Waals surface area contributed by atoms with Crippen molar-refractivity contribution in [2.45, 2.75) is 0 Å². The summed E-state index contributed by atoms with van der Waals surface area (Å²) in [7, 11) is 1.63. The first kappa shape index (κ1) is 9.49. The Bertz CT molecular complexity index is 428. The summed E-state index contributed by atoms with van der Waals surface area (Å²) in [5.74, 6) is 0.753. The highest BCUT2D eigenvalue weighted by Gasteiger charge is 2.07. The summed E-state index contributed by atoms with van der Waals surface area (Å²) in [6, 6.07) is 7.49. The number of ether oxygens (including phenoxy) is 1. The van der Waals surface area contributed by atoms with Gasteiger partial charge >= 0.3 is 0 Å². The minimum atomic E-state index is 0.667. The van der Waals surface area contributed by atoms with Gasteiger partial charge in [-0.2, -0.15) is 4.37 Å². The molecule has 0 unspecified atom stereocenters. The molecule has 2 nitrogen and oxygen atoms in total. The van der Waals surface area contributed by atoms with E-state index in [-0.39, 0.29) is 0 Å². The Labute approximate surface area is 91.3 Å². The van der Waals surface area contributed by atoms with E-state index >= 15 is 0 Å². The van der Waals surface area contributed by atoms with Crippen LogP contribution < -0.4 is 4.74 Å². The third kappa shape index (κ3) is 1.74. The first-order valence-corrected chi connectivity index (χ1v) is 5.27. The predicted octanol–water partition coefficient (Wildman–Crippen LogP) is 3.47. The van der Waals surface area contributed by atoms with E-state index in [1.54, 1.807) is 13.2 Å². The molecule has 0 atom stereocenters. The van der Waals surface area contributed by atoms with Crippen molar-refractivity contribution in [2.24, 2.45) is 0 Å². The van der Waals surface area contributed by atoms with Gasteiger partial charge in [0.2, 0.25) is 0 Å². The molecular formula is C10H8ClNOS. The van der Waals surface area contributed by atoms with Crippen molar-refractivity contribution in [3.05, 3.63) is 34.7 Å². The molecule has 0 fully saturated rings. The fourth-order valence-electron chi connectivity index (χ4n) is 1.23. The first-order valence-electron chi connectivity index (χ1n) is 4.05. The van der Waals surface area contributed by atoms with Gasteiger partial charge in [-0.05, 0) is 35.8 Å². The summed E-state index contributed by atoms with van der Waals surface area (Å²) in [5.41, 5.74) is 1.89. The second-order valence-electron chi connectivity index (χ2n) is 2.73. The van der Waals surface area contributed by atoms with E-state index in [1.807, 2.05) is 23.6 Å². The van der Waals surface area contributed by atoms with Crippen LogP contribution in [0.2, 0.25) is 5.02 Å². The SMILES string of the molecule is COc1cc(Cl)ccc1-c1ccsn1. The Morgan fingerprint density at radius 3 is 2.86 bits per heavy atom. The van der Waals surface area contributed by atoms with Crippen LogP contribution in [0.5, 0.6) is 5.75 Å². The lowest BCUT2D eigenvalue weighted by atomic mass is 10.1. The summed E-state index contributed by atoms with van der Waals surface area (Å²) >= 11 is 7.28. The maximum atomic E-state index is 5.86. The van der Waals surface area contributed by atoms with Crippen molar-refractivity contribution in [2.75, 3.05) is 7.11 Å². The lowest BCUT2D eigenvalue weighted by Gasteiger charge is -2.05. The van der Waals surface area contributed by atoms with Crippen molar-refractivity contribution in [1.82, 2.24) is 4.37 Å². The predicted molar refractivity (Wildman–Crippen MR) is 59.1 cm³/mol. The number of aromatic nitrogens is 1. The van der Waals surface area contributed by atoms with Gasteiger partial charge in [0.1, 0.15) is 5.75 Å². The van der Waals surface area contributed by atoms with E-state index in [4.69, 9.17) is 16.3 Å². The van der Waals surface area contributed by atoms with Crippen molar-refractivity contribution < 1.29 is 4.74 Å². The standard InChI is InChI=1S/C10H8ClNOS/c1-13-10-6-7(11)2-3-8(10)9-4-5-14-12-9/h2-6H,1H3. The van der Waals surface area contributed by atoms with Gasteiger partial charge in [-0.1, -0.05) is 11.6 Å². The van der Waals surface area contributed by atoms with Crippen molar-refractivity contribution in [3.8, 4) is 17.0 Å². The van der Waals surface area contributed by atoms with E-state index in [9.17, 15) is 0 Å². The summed E-state index contributed by atoms with van der Waals surface area (Å²) in [4.78, 5) is 0. The Balaban J connectivity index is 2.53. The molecule has 0 saturated carbocycles. The Hall–Kier alpha value is -1.06. The second kappa shape index (κ2) is 3.98. The molecule has 1 aromatic heterocycles. The van der Waals surface area contributed by atoms with Crippen molar-refractivity contribution in [3.63, 3.8) is 0 Å². The molecule has 0 bridgehead atoms. The van der Waals surface area contributed by atoms with Gasteiger partial charge in [0.25, 0.3) is 0 Å². The topological polar surface area (TPSA) is 22.1 Å². The molecule has 2 rings (SSSR count). The van der Waals surface area contributed by atoms with Gasteiger partial charge in [-0.25, -0.2) is 0 Å². The molecule has 0 radical (unpaired) electrons. The molecule has 1 heterocycles. The van der Waals surface area contributed by atoms with Crippen LogP contribution >= 0.6 is 23.1 Å². The molecule has 0 aliphatic carbocycles. The van der Waals surface area contributed by atoms with Crippen LogP contribution in [0.25, 0.3) is 11.3 Å². The Morgan fingerprint density at radius 2 is 2.21 bits per heavy atom. The second-order valence-corrected chi connectivity index (χ2v) is 3.83. The number of rotatable bonds is 2. The summed E-state index contributed by atoms with van der Waals surface area (Å²) in [5, 5.41) is 2.60. The van der Waals surface area contributed by atoms with Gasteiger partial charge < -0.3 is 4.74 Å². The zero-order valence-corrected chi connectivity index (χ0v) is 9.10. The minimum absolute atomic E-state index is 0.667. The van der Waals surface area contributed by atoms with Gasteiger partial charge in [0.05, 0.1) is 12.8 Å². The molecule has 4 heteroatoms. The molecule has 14 heavy (non-hydrogen) atoms. The van der Waals surface area contributed by atoms with Crippen LogP contribution in [0.4, 0.5) is 0 Å². The number of hydrogen-bond acceptors (Lipinski definition) is 3. The van der Waals surface area contributed by atoms with Gasteiger partial charge in [-0.3, -0.25) is 0 Å². The minimum Gasteiger partial charge on any atom is -0.496 e. The summed E-state index contributed by atoms with van der Waals surface area (Å²) < 4.78 is 9.47. The van der Waals surface area contributed by atoms with E-state index in [0.717, 1.165) is 17.0 Å². The average molecular weight is 226 g/mol. The van der Waals surface area contributed by atoms with Crippen LogP contribution in [-0.4, -0.2) is 11.5 Å². The van der Waals surface area contributed by atoms with E-state index < -0.39 is 0 Å². The number of benzene rings is 1. The Kier molecular flexibility index (Phi) is 2.70. The molecule has 72 valence electrons. The van der Waals surface area contributed by atoms with Gasteiger partial charge in [0, 0.05) is 16.0 Å². The number of halogens is 1. The van der Waals surface area contributed by atoms with Gasteiger partial charge in [-0.15, -0.1) is 0 Å². The highest BCUT2D eigenvalue weighted by molar-refractivity contribution is 7.03. The van der Waals surface area contributed by atoms with Crippen molar-refractivity contribution >= 4 is 23.1 Å². The van der Waals surface area contributed by atoms with E-state index in [2.05, 4.69) is 4.37 Å². The lowest BCUT2D eigenvalue weighted by molar-refractivity contribution is 0.416. The molecule has 0 N–H and O–H groups in total. The first-order chi connectivity index (χ1) is 6.81. The third-order valence-electron chi connectivity index (χ3n) is 1.88. The monoisotopic (exact) mass is 225 g/mol. The molecule has 0 aliphatic rings. The lowest BCUT2D eigenvalue weighted by Crippen LogP contribution is -1.87. The molecule has 0 amide bonds. The van der Waals surface area contributed by atoms with E-state index in [1.165, 1.54) is 11.5 Å². The zero-order valence-electron chi connectivity index (χ0n) is 7.53. The smallest absolute Gasteiger partial charge is 0.129 e. The van der Waals surface area contributed by atoms with Crippen LogP contribution in [0.15, 0.2) is 29.6 Å². The molecule has 1 aromatic carbocycles. The molecule has 0 aliphatic heterocycles. The maximum absolute atomic E-state index is 5.86. The largest absolute Gasteiger partial charge is 0.496 e.